The van der Waals surface area contributed by atoms with Crippen molar-refractivity contribution in [3.8, 4) is 0 Å². The average molecular weight is 230 g/mol. The van der Waals surface area contributed by atoms with E-state index in [9.17, 15) is 0 Å². The quantitative estimate of drug-likeness (QED) is 0.868. The van der Waals surface area contributed by atoms with Crippen LogP contribution in [0, 0.1) is 13.8 Å². The summed E-state index contributed by atoms with van der Waals surface area (Å²) in [5.41, 5.74) is 2.54. The van der Waals surface area contributed by atoms with E-state index in [0.29, 0.717) is 0 Å². The summed E-state index contributed by atoms with van der Waals surface area (Å²) in [6.07, 6.45) is 0. The largest absolute Gasteiger partial charge is 0.316 e. The first-order valence-corrected chi connectivity index (χ1v) is 5.79. The van der Waals surface area contributed by atoms with E-state index < -0.39 is 0 Å². The van der Waals surface area contributed by atoms with Crippen molar-refractivity contribution in [3.63, 3.8) is 0 Å². The Morgan fingerprint density at radius 3 is 2.29 bits per heavy atom. The van der Waals surface area contributed by atoms with Crippen LogP contribution < -0.4 is 5.32 Å². The van der Waals surface area contributed by atoms with Crippen LogP contribution in [0.5, 0.6) is 0 Å². The highest BCUT2D eigenvalue weighted by atomic mass is 15.3. The summed E-state index contributed by atoms with van der Waals surface area (Å²) in [5.74, 6) is 1.79. The molecular formula is C13H18N4. The first-order valence-electron chi connectivity index (χ1n) is 5.79. The Balaban J connectivity index is 2.11. The number of hydrogen-bond acceptors (Lipinski definition) is 3. The summed E-state index contributed by atoms with van der Waals surface area (Å²) in [5, 5.41) is 7.50. The summed E-state index contributed by atoms with van der Waals surface area (Å²) < 4.78 is 1.93. The number of aryl methyl sites for hydroxylation is 2. The Hall–Kier alpha value is -1.68. The van der Waals surface area contributed by atoms with Gasteiger partial charge in [0.15, 0.2) is 0 Å². The van der Waals surface area contributed by atoms with Crippen molar-refractivity contribution in [1.82, 2.24) is 20.1 Å². The second kappa shape index (κ2) is 5.10. The molecule has 0 unspecified atom stereocenters. The van der Waals surface area contributed by atoms with Gasteiger partial charge in [0.25, 0.3) is 0 Å². The Kier molecular flexibility index (Phi) is 3.54. The predicted octanol–water partition coefficient (Wildman–Crippen LogP) is 1.66. The van der Waals surface area contributed by atoms with Crippen LogP contribution in [0.4, 0.5) is 0 Å². The van der Waals surface area contributed by atoms with Crippen LogP contribution in [0.3, 0.4) is 0 Å². The summed E-state index contributed by atoms with van der Waals surface area (Å²) in [6, 6.07) is 8.57. The van der Waals surface area contributed by atoms with Crippen LogP contribution in [0.25, 0.3) is 0 Å². The van der Waals surface area contributed by atoms with Gasteiger partial charge in [-0.05, 0) is 32.0 Å². The minimum atomic E-state index is 0.784. The molecule has 1 N–H and O–H groups in total. The maximum Gasteiger partial charge on any atom is 0.147 e. The summed E-state index contributed by atoms with van der Waals surface area (Å²) in [7, 11) is 1.95. The topological polar surface area (TPSA) is 42.7 Å². The molecule has 4 heteroatoms. The monoisotopic (exact) mass is 230 g/mol. The fourth-order valence-corrected chi connectivity index (χ4v) is 1.85. The first kappa shape index (κ1) is 11.8. The zero-order valence-electron chi connectivity index (χ0n) is 10.6. The van der Waals surface area contributed by atoms with Crippen LogP contribution in [-0.2, 0) is 13.1 Å². The van der Waals surface area contributed by atoms with Gasteiger partial charge >= 0.3 is 0 Å². The highest BCUT2D eigenvalue weighted by Gasteiger charge is 2.03. The van der Waals surface area contributed by atoms with Gasteiger partial charge in [-0.1, -0.05) is 24.3 Å². The lowest BCUT2D eigenvalue weighted by Gasteiger charge is -2.05. The van der Waals surface area contributed by atoms with Crippen LogP contribution in [0.2, 0.25) is 0 Å². The van der Waals surface area contributed by atoms with Crippen molar-refractivity contribution in [3.05, 3.63) is 47.0 Å². The lowest BCUT2D eigenvalue weighted by molar-refractivity contribution is 0.656. The van der Waals surface area contributed by atoms with Crippen molar-refractivity contribution in [2.75, 3.05) is 7.05 Å². The van der Waals surface area contributed by atoms with E-state index in [0.717, 1.165) is 24.7 Å². The maximum absolute atomic E-state index is 4.36. The third-order valence-corrected chi connectivity index (χ3v) is 2.70. The standard InChI is InChI=1S/C13H18N4/c1-10-15-11(2)17(16-10)9-13-6-4-12(5-7-13)8-14-3/h4-7,14H,8-9H2,1-3H3. The molecule has 0 aliphatic heterocycles. The van der Waals surface area contributed by atoms with E-state index >= 15 is 0 Å². The highest BCUT2D eigenvalue weighted by molar-refractivity contribution is 5.22. The lowest BCUT2D eigenvalue weighted by atomic mass is 10.1. The zero-order chi connectivity index (χ0) is 12.3. The predicted molar refractivity (Wildman–Crippen MR) is 67.8 cm³/mol. The molecular weight excluding hydrogens is 212 g/mol. The van der Waals surface area contributed by atoms with Crippen molar-refractivity contribution >= 4 is 0 Å². The molecule has 90 valence electrons. The molecule has 17 heavy (non-hydrogen) atoms. The third kappa shape index (κ3) is 2.91. The second-order valence-corrected chi connectivity index (χ2v) is 4.21. The Morgan fingerprint density at radius 2 is 1.76 bits per heavy atom. The van der Waals surface area contributed by atoms with Crippen molar-refractivity contribution in [1.29, 1.82) is 0 Å². The number of nitrogens with zero attached hydrogens (tertiary/aromatic N) is 3. The van der Waals surface area contributed by atoms with Crippen LogP contribution >= 0.6 is 0 Å². The lowest BCUT2D eigenvalue weighted by Crippen LogP contribution is -2.06. The zero-order valence-corrected chi connectivity index (χ0v) is 10.6. The molecule has 0 atom stereocenters. The van der Waals surface area contributed by atoms with Crippen LogP contribution in [0.1, 0.15) is 22.8 Å². The Morgan fingerprint density at radius 1 is 1.12 bits per heavy atom. The minimum absolute atomic E-state index is 0.784. The van der Waals surface area contributed by atoms with Crippen molar-refractivity contribution in [2.45, 2.75) is 26.9 Å². The highest BCUT2D eigenvalue weighted by Crippen LogP contribution is 2.07. The third-order valence-electron chi connectivity index (χ3n) is 2.70. The number of benzene rings is 1. The van der Waals surface area contributed by atoms with Crippen LogP contribution in [-0.4, -0.2) is 21.8 Å². The van der Waals surface area contributed by atoms with Crippen LogP contribution in [0.15, 0.2) is 24.3 Å². The average Bonchev–Trinajstić information content (AvgIpc) is 2.61. The molecule has 4 nitrogen and oxygen atoms in total. The molecule has 2 rings (SSSR count). The molecule has 1 aromatic heterocycles. The number of aromatic nitrogens is 3. The van der Waals surface area contributed by atoms with Gasteiger partial charge in [0, 0.05) is 6.54 Å². The molecule has 0 saturated heterocycles. The van der Waals surface area contributed by atoms with Gasteiger partial charge in [0.2, 0.25) is 0 Å². The summed E-state index contributed by atoms with van der Waals surface area (Å²) in [6.45, 7) is 5.59. The molecule has 2 aromatic rings. The molecule has 0 spiro atoms. The van der Waals surface area contributed by atoms with E-state index in [4.69, 9.17) is 0 Å². The van der Waals surface area contributed by atoms with Gasteiger partial charge in [0.05, 0.1) is 6.54 Å². The maximum atomic E-state index is 4.36. The number of nitrogens with one attached hydrogen (secondary N) is 1. The van der Waals surface area contributed by atoms with Gasteiger partial charge in [-0.15, -0.1) is 0 Å². The normalized spacial score (nSPS) is 10.8. The number of hydrogen-bond donors (Lipinski definition) is 1. The van der Waals surface area contributed by atoms with E-state index in [1.807, 2.05) is 25.6 Å². The van der Waals surface area contributed by atoms with Gasteiger partial charge in [-0.2, -0.15) is 5.10 Å². The fourth-order valence-electron chi connectivity index (χ4n) is 1.85. The number of rotatable bonds is 4. The summed E-state index contributed by atoms with van der Waals surface area (Å²) >= 11 is 0. The molecule has 0 bridgehead atoms. The van der Waals surface area contributed by atoms with Crippen molar-refractivity contribution in [2.24, 2.45) is 0 Å². The second-order valence-electron chi connectivity index (χ2n) is 4.21. The molecule has 0 aliphatic carbocycles. The Labute approximate surface area is 102 Å². The molecule has 0 fully saturated rings. The Bertz CT molecular complexity index is 485. The first-order chi connectivity index (χ1) is 8.19. The molecule has 0 amide bonds. The fraction of sp³-hybridized carbons (Fsp3) is 0.385. The minimum Gasteiger partial charge on any atom is -0.316 e. The smallest absolute Gasteiger partial charge is 0.147 e. The van der Waals surface area contributed by atoms with Gasteiger partial charge in [-0.25, -0.2) is 9.67 Å². The van der Waals surface area contributed by atoms with Gasteiger partial charge in [-0.3, -0.25) is 0 Å². The van der Waals surface area contributed by atoms with E-state index in [2.05, 4.69) is 39.7 Å². The van der Waals surface area contributed by atoms with E-state index in [1.54, 1.807) is 0 Å². The molecule has 0 aliphatic rings. The van der Waals surface area contributed by atoms with Gasteiger partial charge in [0.1, 0.15) is 11.6 Å². The molecule has 1 heterocycles. The SMILES string of the molecule is CNCc1ccc(Cn2nc(C)nc2C)cc1. The molecule has 0 radical (unpaired) electrons. The van der Waals surface area contributed by atoms with E-state index in [-0.39, 0.29) is 0 Å². The molecule has 1 aromatic carbocycles. The van der Waals surface area contributed by atoms with Gasteiger partial charge < -0.3 is 5.32 Å². The summed E-state index contributed by atoms with van der Waals surface area (Å²) in [4.78, 5) is 4.30. The van der Waals surface area contributed by atoms with E-state index in [1.165, 1.54) is 11.1 Å². The van der Waals surface area contributed by atoms with Crippen molar-refractivity contribution < 1.29 is 0 Å². The molecule has 0 saturated carbocycles.